The molecular formula is C21H31N5O2S2. The van der Waals surface area contributed by atoms with Crippen LogP contribution in [0.15, 0.2) is 46.8 Å². The van der Waals surface area contributed by atoms with Crippen LogP contribution in [0.25, 0.3) is 0 Å². The molecule has 3 rings (SSSR count). The summed E-state index contributed by atoms with van der Waals surface area (Å²) in [6.07, 6.45) is 0. The molecule has 30 heavy (non-hydrogen) atoms. The summed E-state index contributed by atoms with van der Waals surface area (Å²) < 4.78 is 26.8. The molecule has 0 unspecified atom stereocenters. The molecule has 2 N–H and O–H groups in total. The predicted molar refractivity (Wildman–Crippen MR) is 126 cm³/mol. The average Bonchev–Trinajstić information content (AvgIpc) is 3.24. The van der Waals surface area contributed by atoms with Gasteiger partial charge in [0.25, 0.3) is 0 Å². The summed E-state index contributed by atoms with van der Waals surface area (Å²) >= 11 is 1.78. The minimum Gasteiger partial charge on any atom is -0.360 e. The van der Waals surface area contributed by atoms with Gasteiger partial charge in [0.2, 0.25) is 10.0 Å². The standard InChI is InChI=1S/C21H31N5O2S2/c1-17(2)24-30(27,28)16-19-8-6-18(7-9-19)15-23-21(22-3)26-12-10-25(11-13-26)20-5-4-14-29-20/h4-9,14,17,24H,10-13,15-16H2,1-3H3,(H,22,23). The second-order valence-corrected chi connectivity index (χ2v) is 10.4. The minimum absolute atomic E-state index is 0.00489. The molecule has 9 heteroatoms. The Morgan fingerprint density at radius 1 is 1.10 bits per heavy atom. The molecule has 1 aromatic heterocycles. The second-order valence-electron chi connectivity index (χ2n) is 7.67. The van der Waals surface area contributed by atoms with Gasteiger partial charge in [0.05, 0.1) is 10.8 Å². The predicted octanol–water partition coefficient (Wildman–Crippen LogP) is 2.47. The van der Waals surface area contributed by atoms with Crippen LogP contribution in [0.3, 0.4) is 0 Å². The summed E-state index contributed by atoms with van der Waals surface area (Å²) in [5, 5.41) is 6.87. The number of benzene rings is 1. The van der Waals surface area contributed by atoms with Crippen LogP contribution in [0.2, 0.25) is 0 Å². The number of guanidine groups is 1. The van der Waals surface area contributed by atoms with Crippen LogP contribution >= 0.6 is 11.3 Å². The number of thiophene rings is 1. The van der Waals surface area contributed by atoms with Crippen molar-refractivity contribution in [1.82, 2.24) is 14.9 Å². The first-order chi connectivity index (χ1) is 14.4. The van der Waals surface area contributed by atoms with Gasteiger partial charge in [0.1, 0.15) is 0 Å². The molecule has 0 atom stereocenters. The molecule has 1 aliphatic rings. The van der Waals surface area contributed by atoms with Crippen molar-refractivity contribution in [3.63, 3.8) is 0 Å². The van der Waals surface area contributed by atoms with Gasteiger partial charge in [-0.3, -0.25) is 4.99 Å². The van der Waals surface area contributed by atoms with Gasteiger partial charge in [0, 0.05) is 45.8 Å². The quantitative estimate of drug-likeness (QED) is 0.502. The molecule has 0 radical (unpaired) electrons. The SMILES string of the molecule is CN=C(NCc1ccc(CS(=O)(=O)NC(C)C)cc1)N1CCN(c2cccs2)CC1. The van der Waals surface area contributed by atoms with Crippen molar-refractivity contribution in [3.05, 3.63) is 52.9 Å². The van der Waals surface area contributed by atoms with Gasteiger partial charge in [0.15, 0.2) is 5.96 Å². The molecule has 0 aliphatic carbocycles. The van der Waals surface area contributed by atoms with Crippen LogP contribution in [-0.2, 0) is 22.3 Å². The smallest absolute Gasteiger partial charge is 0.216 e. The van der Waals surface area contributed by atoms with Crippen molar-refractivity contribution in [3.8, 4) is 0 Å². The van der Waals surface area contributed by atoms with Crippen LogP contribution in [0, 0.1) is 0 Å². The van der Waals surface area contributed by atoms with Crippen molar-refractivity contribution in [2.45, 2.75) is 32.2 Å². The summed E-state index contributed by atoms with van der Waals surface area (Å²) in [6, 6.07) is 11.8. The van der Waals surface area contributed by atoms with Crippen LogP contribution in [0.5, 0.6) is 0 Å². The minimum atomic E-state index is -3.31. The van der Waals surface area contributed by atoms with E-state index in [0.29, 0.717) is 6.54 Å². The third-order valence-corrected chi connectivity index (χ3v) is 7.33. The highest BCUT2D eigenvalue weighted by molar-refractivity contribution is 7.88. The zero-order chi connectivity index (χ0) is 21.6. The topological polar surface area (TPSA) is 77.0 Å². The van der Waals surface area contributed by atoms with E-state index in [0.717, 1.165) is 43.3 Å². The first kappa shape index (κ1) is 22.6. The fourth-order valence-corrected chi connectivity index (χ4v) is 5.69. The van der Waals surface area contributed by atoms with Crippen molar-refractivity contribution in [2.24, 2.45) is 4.99 Å². The summed E-state index contributed by atoms with van der Waals surface area (Å²) in [5.41, 5.74) is 1.87. The number of nitrogens with one attached hydrogen (secondary N) is 2. The molecule has 0 spiro atoms. The Hall–Kier alpha value is -2.10. The normalized spacial score (nSPS) is 15.7. The van der Waals surface area contributed by atoms with Crippen LogP contribution in [0.1, 0.15) is 25.0 Å². The summed E-state index contributed by atoms with van der Waals surface area (Å²) in [4.78, 5) is 9.13. The van der Waals surface area contributed by atoms with Crippen LogP contribution < -0.4 is 14.9 Å². The molecule has 0 saturated carbocycles. The van der Waals surface area contributed by atoms with E-state index >= 15 is 0 Å². The Bertz CT molecular complexity index is 917. The zero-order valence-corrected chi connectivity index (χ0v) is 19.5. The first-order valence-corrected chi connectivity index (χ1v) is 12.7. The average molecular weight is 450 g/mol. The van der Waals surface area contributed by atoms with Gasteiger partial charge in [-0.2, -0.15) is 0 Å². The van der Waals surface area contributed by atoms with E-state index < -0.39 is 10.0 Å². The van der Waals surface area contributed by atoms with Gasteiger partial charge in [-0.05, 0) is 42.5 Å². The Labute approximate surface area is 183 Å². The second kappa shape index (κ2) is 10.3. The number of aliphatic imine (C=N–C) groups is 1. The van der Waals surface area contributed by atoms with E-state index in [1.165, 1.54) is 5.00 Å². The van der Waals surface area contributed by atoms with Crippen molar-refractivity contribution in [1.29, 1.82) is 0 Å². The molecule has 2 aromatic rings. The lowest BCUT2D eigenvalue weighted by atomic mass is 10.1. The zero-order valence-electron chi connectivity index (χ0n) is 17.8. The highest BCUT2D eigenvalue weighted by Gasteiger charge is 2.20. The van der Waals surface area contributed by atoms with Gasteiger partial charge in [-0.1, -0.05) is 24.3 Å². The lowest BCUT2D eigenvalue weighted by Gasteiger charge is -2.37. The molecule has 1 aliphatic heterocycles. The van der Waals surface area contributed by atoms with E-state index in [9.17, 15) is 8.42 Å². The van der Waals surface area contributed by atoms with E-state index in [1.54, 1.807) is 11.3 Å². The molecule has 164 valence electrons. The molecule has 0 amide bonds. The van der Waals surface area contributed by atoms with Crippen molar-refractivity contribution >= 4 is 32.3 Å². The third-order valence-electron chi connectivity index (χ3n) is 4.85. The fourth-order valence-electron chi connectivity index (χ4n) is 3.48. The Morgan fingerprint density at radius 2 is 1.77 bits per heavy atom. The molecule has 1 aromatic carbocycles. The van der Waals surface area contributed by atoms with E-state index in [-0.39, 0.29) is 11.8 Å². The first-order valence-electron chi connectivity index (χ1n) is 10.2. The maximum atomic E-state index is 12.1. The maximum Gasteiger partial charge on any atom is 0.216 e. The molecule has 1 saturated heterocycles. The highest BCUT2D eigenvalue weighted by atomic mass is 32.2. The Kier molecular flexibility index (Phi) is 7.74. The molecule has 2 heterocycles. The molecular weight excluding hydrogens is 418 g/mol. The molecule has 0 bridgehead atoms. The Morgan fingerprint density at radius 3 is 2.33 bits per heavy atom. The van der Waals surface area contributed by atoms with E-state index in [2.05, 4.69) is 42.3 Å². The van der Waals surface area contributed by atoms with Crippen molar-refractivity contribution < 1.29 is 8.42 Å². The van der Waals surface area contributed by atoms with Gasteiger partial charge >= 0.3 is 0 Å². The summed E-state index contributed by atoms with van der Waals surface area (Å²) in [5.74, 6) is 0.892. The molecule has 1 fully saturated rings. The summed E-state index contributed by atoms with van der Waals surface area (Å²) in [6.45, 7) is 8.11. The Balaban J connectivity index is 1.49. The lowest BCUT2D eigenvalue weighted by Crippen LogP contribution is -2.52. The highest BCUT2D eigenvalue weighted by Crippen LogP contribution is 2.22. The van der Waals surface area contributed by atoms with E-state index in [1.807, 2.05) is 45.2 Å². The molecule has 7 nitrogen and oxygen atoms in total. The van der Waals surface area contributed by atoms with E-state index in [4.69, 9.17) is 0 Å². The number of hydrogen-bond acceptors (Lipinski definition) is 5. The third kappa shape index (κ3) is 6.45. The van der Waals surface area contributed by atoms with Gasteiger partial charge < -0.3 is 15.1 Å². The van der Waals surface area contributed by atoms with Gasteiger partial charge in [-0.15, -0.1) is 11.3 Å². The number of hydrogen-bond donors (Lipinski definition) is 2. The van der Waals surface area contributed by atoms with Crippen LogP contribution in [-0.4, -0.2) is 58.5 Å². The largest absolute Gasteiger partial charge is 0.360 e. The van der Waals surface area contributed by atoms with Gasteiger partial charge in [-0.25, -0.2) is 13.1 Å². The number of piperazine rings is 1. The monoisotopic (exact) mass is 449 g/mol. The number of nitrogens with zero attached hydrogens (tertiary/aromatic N) is 3. The summed E-state index contributed by atoms with van der Waals surface area (Å²) in [7, 11) is -1.50. The fraction of sp³-hybridized carbons (Fsp3) is 0.476. The van der Waals surface area contributed by atoms with Crippen LogP contribution in [0.4, 0.5) is 5.00 Å². The number of anilines is 1. The number of rotatable bonds is 7. The van der Waals surface area contributed by atoms with Crippen molar-refractivity contribution in [2.75, 3.05) is 38.1 Å². The number of sulfonamides is 1. The lowest BCUT2D eigenvalue weighted by molar-refractivity contribution is 0.373. The maximum absolute atomic E-state index is 12.1.